The first-order valence-electron chi connectivity index (χ1n) is 14.1. The van der Waals surface area contributed by atoms with Gasteiger partial charge in [0.2, 0.25) is 0 Å². The highest BCUT2D eigenvalue weighted by Gasteiger charge is 2.37. The summed E-state index contributed by atoms with van der Waals surface area (Å²) in [4.78, 5) is 14.3. The first-order valence-corrected chi connectivity index (χ1v) is 18.1. The number of pyridine rings is 1. The van der Waals surface area contributed by atoms with Crippen LogP contribution in [0.4, 0.5) is 0 Å². The molecule has 1 atom stereocenters. The Kier molecular flexibility index (Phi) is 9.06. The normalized spacial score (nSPS) is 14.0. The second kappa shape index (κ2) is 12.0. The van der Waals surface area contributed by atoms with E-state index in [1.165, 1.54) is 0 Å². The van der Waals surface area contributed by atoms with Gasteiger partial charge in [-0.3, -0.25) is 0 Å². The molecule has 218 valence electrons. The molecule has 0 spiro atoms. The van der Waals surface area contributed by atoms with E-state index in [2.05, 4.69) is 55.3 Å². The molecule has 3 heterocycles. The van der Waals surface area contributed by atoms with Crippen LogP contribution in [0.3, 0.4) is 0 Å². The van der Waals surface area contributed by atoms with Gasteiger partial charge in [-0.15, -0.1) is 0 Å². The third-order valence-corrected chi connectivity index (χ3v) is 13.3. The molecule has 8 nitrogen and oxygen atoms in total. The Labute approximate surface area is 247 Å². The Morgan fingerprint density at radius 3 is 2.49 bits per heavy atom. The highest BCUT2D eigenvalue weighted by atomic mass is 32.2. The molecule has 0 radical (unpaired) electrons. The minimum atomic E-state index is -1.90. The van der Waals surface area contributed by atoms with E-state index in [9.17, 15) is 4.21 Å². The summed E-state index contributed by atoms with van der Waals surface area (Å²) in [5.41, 5.74) is 4.06. The summed E-state index contributed by atoms with van der Waals surface area (Å²) >= 11 is 0. The Bertz CT molecular complexity index is 1580. The average Bonchev–Trinajstić information content (AvgIpc) is 3.34. The first kappa shape index (κ1) is 30.9. The molecule has 3 aromatic heterocycles. The summed E-state index contributed by atoms with van der Waals surface area (Å²) in [7, 11) is -3.27. The third-order valence-electron chi connectivity index (χ3n) is 7.38. The van der Waals surface area contributed by atoms with E-state index in [-0.39, 0.29) is 5.04 Å². The minimum absolute atomic E-state index is 0.130. The molecule has 0 saturated heterocycles. The van der Waals surface area contributed by atoms with Crippen LogP contribution in [0.5, 0.6) is 0 Å². The van der Waals surface area contributed by atoms with Gasteiger partial charge in [-0.1, -0.05) is 52.3 Å². The van der Waals surface area contributed by atoms with Crippen LogP contribution in [0.25, 0.3) is 28.1 Å². The van der Waals surface area contributed by atoms with E-state index in [4.69, 9.17) is 14.4 Å². The predicted octanol–water partition coefficient (Wildman–Crippen LogP) is 7.45. The molecule has 0 amide bonds. The fraction of sp³-hybridized carbons (Fsp3) is 0.452. The zero-order valence-electron chi connectivity index (χ0n) is 25.7. The summed E-state index contributed by atoms with van der Waals surface area (Å²) < 4.78 is 25.1. The van der Waals surface area contributed by atoms with Crippen LogP contribution >= 0.6 is 0 Å². The van der Waals surface area contributed by atoms with Crippen LogP contribution in [0, 0.1) is 0 Å². The zero-order valence-corrected chi connectivity index (χ0v) is 27.5. The third kappa shape index (κ3) is 7.23. The Hall–Kier alpha value is -3.08. The maximum atomic E-state index is 12.8. The second-order valence-electron chi connectivity index (χ2n) is 12.8. The van der Waals surface area contributed by atoms with Crippen molar-refractivity contribution < 1.29 is 8.63 Å². The lowest BCUT2D eigenvalue weighted by atomic mass is 10.1. The lowest BCUT2D eigenvalue weighted by Gasteiger charge is -2.36. The average molecular weight is 591 g/mol. The van der Waals surface area contributed by atoms with Crippen LogP contribution in [0.2, 0.25) is 18.1 Å². The van der Waals surface area contributed by atoms with Crippen molar-refractivity contribution >= 4 is 35.9 Å². The monoisotopic (exact) mass is 590 g/mol. The molecule has 0 saturated carbocycles. The summed E-state index contributed by atoms with van der Waals surface area (Å²) in [6.07, 6.45) is 5.13. The Balaban J connectivity index is 1.67. The van der Waals surface area contributed by atoms with E-state index in [0.717, 1.165) is 40.1 Å². The molecule has 0 aliphatic carbocycles. The van der Waals surface area contributed by atoms with Crippen molar-refractivity contribution in [2.75, 3.05) is 0 Å². The zero-order chi connectivity index (χ0) is 30.0. The summed E-state index contributed by atoms with van der Waals surface area (Å²) in [5.74, 6) is 1.30. The summed E-state index contributed by atoms with van der Waals surface area (Å²) in [6, 6.07) is 13.8. The molecular formula is C31H42N6O2SSi. The van der Waals surface area contributed by atoms with Crippen molar-refractivity contribution in [1.82, 2.24) is 24.7 Å². The standard InChI is InChI=1S/C31H42N6O2SSi/c1-10-12-26(36-40(38)30(2,3)4)25-17-18-32-29(35-25)22-15-16-23-20-33-37(27(23)19-22)28-14-11-13-24(34-28)21-39-41(8,9)31(5,6)7/h11,13-20H,10,12,21H2,1-9H3/t40-/m1/s1. The lowest BCUT2D eigenvalue weighted by Crippen LogP contribution is -2.40. The second-order valence-corrected chi connectivity index (χ2v) is 19.5. The van der Waals surface area contributed by atoms with E-state index < -0.39 is 24.1 Å². The van der Waals surface area contributed by atoms with Crippen LogP contribution in [0.1, 0.15) is 72.7 Å². The first-order chi connectivity index (χ1) is 19.2. The van der Waals surface area contributed by atoms with Gasteiger partial charge in [0.1, 0.15) is 11.0 Å². The van der Waals surface area contributed by atoms with Crippen LogP contribution in [-0.2, 0) is 22.0 Å². The van der Waals surface area contributed by atoms with E-state index in [0.29, 0.717) is 24.5 Å². The quantitative estimate of drug-likeness (QED) is 0.148. The van der Waals surface area contributed by atoms with E-state index in [1.807, 2.05) is 74.1 Å². The molecule has 41 heavy (non-hydrogen) atoms. The molecule has 0 N–H and O–H groups in total. The van der Waals surface area contributed by atoms with Crippen LogP contribution in [0.15, 0.2) is 59.3 Å². The van der Waals surface area contributed by atoms with Gasteiger partial charge in [0.15, 0.2) is 20.0 Å². The molecule has 4 aromatic rings. The SMILES string of the molecule is CCCC(=N[S@](=O)C(C)(C)C)c1ccnc(-c2ccc3cnn(-c4cccc(CO[Si](C)(C)C(C)(C)C)n4)c3c2)n1. The van der Waals surface area contributed by atoms with Gasteiger partial charge >= 0.3 is 0 Å². The molecular weight excluding hydrogens is 549 g/mol. The largest absolute Gasteiger partial charge is 0.411 e. The number of aromatic nitrogens is 5. The molecule has 10 heteroatoms. The van der Waals surface area contributed by atoms with Crippen molar-refractivity contribution in [3.05, 3.63) is 66.2 Å². The number of fused-ring (bicyclic) bond motifs is 1. The van der Waals surface area contributed by atoms with Gasteiger partial charge in [0.25, 0.3) is 0 Å². The van der Waals surface area contributed by atoms with Gasteiger partial charge in [-0.25, -0.2) is 23.8 Å². The van der Waals surface area contributed by atoms with Crippen LogP contribution < -0.4 is 0 Å². The number of hydrogen-bond acceptors (Lipinski definition) is 6. The van der Waals surface area contributed by atoms with Gasteiger partial charge < -0.3 is 4.43 Å². The summed E-state index contributed by atoms with van der Waals surface area (Å²) in [5, 5.41) is 5.76. The number of nitrogens with zero attached hydrogens (tertiary/aromatic N) is 6. The molecule has 4 rings (SSSR count). The van der Waals surface area contributed by atoms with Crippen molar-refractivity contribution in [2.24, 2.45) is 4.40 Å². The number of benzene rings is 1. The lowest BCUT2D eigenvalue weighted by molar-refractivity contribution is 0.272. The smallest absolute Gasteiger partial charge is 0.192 e. The summed E-state index contributed by atoms with van der Waals surface area (Å²) in [6.45, 7) is 19.5. The maximum Gasteiger partial charge on any atom is 0.192 e. The van der Waals surface area contributed by atoms with E-state index >= 15 is 0 Å². The maximum absolute atomic E-state index is 12.8. The fourth-order valence-electron chi connectivity index (χ4n) is 3.83. The van der Waals surface area contributed by atoms with Gasteiger partial charge in [0.05, 0.1) is 40.2 Å². The van der Waals surface area contributed by atoms with Crippen molar-refractivity contribution in [3.63, 3.8) is 0 Å². The molecule has 0 fully saturated rings. The predicted molar refractivity (Wildman–Crippen MR) is 171 cm³/mol. The van der Waals surface area contributed by atoms with Crippen molar-refractivity contribution in [1.29, 1.82) is 0 Å². The number of rotatable bonds is 9. The van der Waals surface area contributed by atoms with E-state index in [1.54, 1.807) is 6.20 Å². The molecule has 0 aliphatic rings. The molecule has 0 unspecified atom stereocenters. The van der Waals surface area contributed by atoms with Crippen molar-refractivity contribution in [3.8, 4) is 17.2 Å². The molecule has 0 aliphatic heterocycles. The topological polar surface area (TPSA) is 95.2 Å². The Morgan fingerprint density at radius 1 is 1.05 bits per heavy atom. The highest BCUT2D eigenvalue weighted by molar-refractivity contribution is 7.85. The Morgan fingerprint density at radius 2 is 1.80 bits per heavy atom. The minimum Gasteiger partial charge on any atom is -0.411 e. The number of hydrogen-bond donors (Lipinski definition) is 0. The molecule has 1 aromatic carbocycles. The molecule has 0 bridgehead atoms. The van der Waals surface area contributed by atoms with Gasteiger partial charge in [0, 0.05) is 17.1 Å². The van der Waals surface area contributed by atoms with Gasteiger partial charge in [-0.05, 0) is 69.6 Å². The fourth-order valence-corrected chi connectivity index (χ4v) is 5.43. The van der Waals surface area contributed by atoms with Crippen LogP contribution in [-0.4, -0.2) is 47.7 Å². The highest BCUT2D eigenvalue weighted by Crippen LogP contribution is 2.37. The van der Waals surface area contributed by atoms with Gasteiger partial charge in [-0.2, -0.15) is 9.50 Å². The van der Waals surface area contributed by atoms with Crippen molar-refractivity contribution in [2.45, 2.75) is 90.8 Å².